The lowest BCUT2D eigenvalue weighted by Gasteiger charge is -2.35. The quantitative estimate of drug-likeness (QED) is 0.0658. The Kier molecular flexibility index (Phi) is 17.9. The van der Waals surface area contributed by atoms with Crippen LogP contribution >= 0.6 is 0 Å². The van der Waals surface area contributed by atoms with Gasteiger partial charge in [-0.05, 0) is 38.8 Å². The number of ketones is 1. The molecule has 3 fully saturated rings. The van der Waals surface area contributed by atoms with Gasteiger partial charge >= 0.3 is 0 Å². The second-order valence-electron chi connectivity index (χ2n) is 13.5. The molecule has 260 valence electrons. The number of nitrogens with one attached hydrogen (secondary N) is 4. The lowest BCUT2D eigenvalue weighted by molar-refractivity contribution is -0.149. The number of rotatable bonds is 23. The van der Waals surface area contributed by atoms with Crippen molar-refractivity contribution in [1.29, 1.82) is 0 Å². The molecule has 0 aromatic heterocycles. The van der Waals surface area contributed by atoms with Crippen LogP contribution in [0.1, 0.15) is 129 Å². The molecular formula is C34H63N5O6. The van der Waals surface area contributed by atoms with Crippen LogP contribution in [-0.2, 0) is 14.4 Å². The van der Waals surface area contributed by atoms with Crippen molar-refractivity contribution < 1.29 is 29.7 Å². The maximum atomic E-state index is 13.5. The van der Waals surface area contributed by atoms with E-state index in [4.69, 9.17) is 0 Å². The van der Waals surface area contributed by atoms with E-state index in [1.54, 1.807) is 0 Å². The predicted octanol–water partition coefficient (Wildman–Crippen LogP) is 2.26. The van der Waals surface area contributed by atoms with Gasteiger partial charge in [0.15, 0.2) is 12.0 Å². The molecule has 3 aliphatic heterocycles. The summed E-state index contributed by atoms with van der Waals surface area (Å²) in [5.74, 6) is -0.841. The summed E-state index contributed by atoms with van der Waals surface area (Å²) in [6.07, 6.45) is 17.1. The van der Waals surface area contributed by atoms with E-state index in [2.05, 4.69) is 28.2 Å². The van der Waals surface area contributed by atoms with Crippen molar-refractivity contribution >= 4 is 17.6 Å². The molecule has 0 aromatic rings. The van der Waals surface area contributed by atoms with Crippen LogP contribution in [0.3, 0.4) is 0 Å². The number of nitrogens with zero attached hydrogens (tertiary/aromatic N) is 1. The van der Waals surface area contributed by atoms with Crippen LogP contribution in [0.15, 0.2) is 0 Å². The number of hydrogen-bond acceptors (Lipinski definition) is 9. The molecule has 0 aliphatic carbocycles. The van der Waals surface area contributed by atoms with Gasteiger partial charge in [0.25, 0.3) is 0 Å². The summed E-state index contributed by atoms with van der Waals surface area (Å²) < 4.78 is 0. The van der Waals surface area contributed by atoms with Gasteiger partial charge in [0.1, 0.15) is 18.1 Å². The van der Waals surface area contributed by atoms with Crippen molar-refractivity contribution in [2.45, 2.75) is 172 Å². The van der Waals surface area contributed by atoms with Crippen molar-refractivity contribution in [3.05, 3.63) is 0 Å². The monoisotopic (exact) mass is 637 g/mol. The van der Waals surface area contributed by atoms with Crippen LogP contribution in [0.2, 0.25) is 0 Å². The third-order valence-electron chi connectivity index (χ3n) is 9.88. The second-order valence-corrected chi connectivity index (χ2v) is 13.5. The zero-order valence-corrected chi connectivity index (χ0v) is 27.8. The second kappa shape index (κ2) is 21.3. The number of Topliss-reactive ketones (excluding diaryl/α,β-unsaturated/α-hetero) is 1. The van der Waals surface area contributed by atoms with E-state index < -0.39 is 42.5 Å². The zero-order chi connectivity index (χ0) is 32.4. The molecule has 3 rings (SSSR count). The Morgan fingerprint density at radius 3 is 1.80 bits per heavy atom. The number of carbonyl (C=O) groups is 3. The Morgan fingerprint density at radius 1 is 0.778 bits per heavy atom. The summed E-state index contributed by atoms with van der Waals surface area (Å²) in [4.78, 5) is 40.3. The molecule has 0 aromatic carbocycles. The topological polar surface area (TPSA) is 163 Å². The van der Waals surface area contributed by atoms with Crippen LogP contribution in [0, 0.1) is 0 Å². The molecule has 0 saturated carbocycles. The first kappa shape index (κ1) is 37.8. The molecule has 3 heterocycles. The molecule has 0 spiro atoms. The molecule has 45 heavy (non-hydrogen) atoms. The Labute approximate surface area is 271 Å². The largest absolute Gasteiger partial charge is 0.391 e. The Balaban J connectivity index is 1.47. The Morgan fingerprint density at radius 2 is 1.31 bits per heavy atom. The summed E-state index contributed by atoms with van der Waals surface area (Å²) in [5, 5.41) is 44.0. The van der Waals surface area contributed by atoms with Gasteiger partial charge in [-0.25, -0.2) is 0 Å². The number of unbranched alkanes of at least 4 members (excludes halogenated alkanes) is 13. The SMILES string of the molecule is CCCCCCCCCCCCCCCCC(CCN(C(=O)[C@H]1NCCC1O)C(O)[C@H]1NCCC1=O)NC(=O)[C@H]1NCCC1O. The van der Waals surface area contributed by atoms with Crippen LogP contribution in [0.5, 0.6) is 0 Å². The maximum Gasteiger partial charge on any atom is 0.244 e. The minimum Gasteiger partial charge on any atom is -0.391 e. The van der Waals surface area contributed by atoms with Gasteiger partial charge in [0.05, 0.1) is 12.2 Å². The van der Waals surface area contributed by atoms with E-state index >= 15 is 0 Å². The minimum atomic E-state index is -1.36. The first-order valence-electron chi connectivity index (χ1n) is 18.2. The number of aliphatic hydroxyl groups is 3. The van der Waals surface area contributed by atoms with E-state index in [0.717, 1.165) is 25.7 Å². The summed E-state index contributed by atoms with van der Waals surface area (Å²) in [6, 6.07) is -2.64. The fourth-order valence-corrected chi connectivity index (χ4v) is 6.98. The predicted molar refractivity (Wildman–Crippen MR) is 175 cm³/mol. The molecule has 7 N–H and O–H groups in total. The Hall–Kier alpha value is -1.63. The van der Waals surface area contributed by atoms with E-state index in [9.17, 15) is 29.7 Å². The average molecular weight is 638 g/mol. The molecule has 3 aliphatic rings. The van der Waals surface area contributed by atoms with Crippen molar-refractivity contribution in [2.75, 3.05) is 26.2 Å². The normalized spacial score (nSPS) is 26.3. The molecule has 0 radical (unpaired) electrons. The van der Waals surface area contributed by atoms with Crippen LogP contribution in [-0.4, -0.2) is 107 Å². The average Bonchev–Trinajstić information content (AvgIpc) is 3.77. The highest BCUT2D eigenvalue weighted by Crippen LogP contribution is 2.19. The van der Waals surface area contributed by atoms with E-state index in [1.807, 2.05) is 0 Å². The first-order valence-corrected chi connectivity index (χ1v) is 18.2. The molecular weight excluding hydrogens is 574 g/mol. The zero-order valence-electron chi connectivity index (χ0n) is 27.8. The lowest BCUT2D eigenvalue weighted by Crippen LogP contribution is -2.58. The molecule has 4 unspecified atom stereocenters. The van der Waals surface area contributed by atoms with Gasteiger partial charge in [0, 0.05) is 25.6 Å². The van der Waals surface area contributed by atoms with Crippen molar-refractivity contribution in [3.63, 3.8) is 0 Å². The van der Waals surface area contributed by atoms with Gasteiger partial charge in [0.2, 0.25) is 11.8 Å². The molecule has 11 heteroatoms. The molecule has 0 bridgehead atoms. The first-order chi connectivity index (χ1) is 21.8. The van der Waals surface area contributed by atoms with Gasteiger partial charge in [-0.2, -0.15) is 0 Å². The fraction of sp³-hybridized carbons (Fsp3) is 0.912. The number of carbonyl (C=O) groups excluding carboxylic acids is 3. The third kappa shape index (κ3) is 12.8. The highest BCUT2D eigenvalue weighted by Gasteiger charge is 2.41. The van der Waals surface area contributed by atoms with Crippen LogP contribution < -0.4 is 21.3 Å². The summed E-state index contributed by atoms with van der Waals surface area (Å²) in [7, 11) is 0. The van der Waals surface area contributed by atoms with E-state index in [0.29, 0.717) is 45.3 Å². The van der Waals surface area contributed by atoms with E-state index in [-0.39, 0.29) is 24.3 Å². The fourth-order valence-electron chi connectivity index (χ4n) is 6.98. The van der Waals surface area contributed by atoms with Crippen molar-refractivity contribution in [2.24, 2.45) is 0 Å². The highest BCUT2D eigenvalue weighted by atomic mass is 16.3. The van der Waals surface area contributed by atoms with Gasteiger partial charge < -0.3 is 41.5 Å². The Bertz CT molecular complexity index is 878. The highest BCUT2D eigenvalue weighted by molar-refractivity contribution is 5.88. The van der Waals surface area contributed by atoms with Crippen LogP contribution in [0.25, 0.3) is 0 Å². The smallest absolute Gasteiger partial charge is 0.244 e. The number of hydrogen-bond donors (Lipinski definition) is 7. The van der Waals surface area contributed by atoms with Crippen molar-refractivity contribution in [3.8, 4) is 0 Å². The molecule has 3 saturated heterocycles. The van der Waals surface area contributed by atoms with Crippen molar-refractivity contribution in [1.82, 2.24) is 26.2 Å². The van der Waals surface area contributed by atoms with E-state index in [1.165, 1.54) is 75.5 Å². The van der Waals surface area contributed by atoms with Crippen LogP contribution in [0.4, 0.5) is 0 Å². The summed E-state index contributed by atoms with van der Waals surface area (Å²) in [5.41, 5.74) is 0. The molecule has 11 nitrogen and oxygen atoms in total. The minimum absolute atomic E-state index is 0.126. The summed E-state index contributed by atoms with van der Waals surface area (Å²) >= 11 is 0. The molecule has 2 amide bonds. The third-order valence-corrected chi connectivity index (χ3v) is 9.88. The maximum absolute atomic E-state index is 13.5. The van der Waals surface area contributed by atoms with Gasteiger partial charge in [-0.3, -0.25) is 14.4 Å². The van der Waals surface area contributed by atoms with Gasteiger partial charge in [-0.1, -0.05) is 96.8 Å². The summed E-state index contributed by atoms with van der Waals surface area (Å²) in [6.45, 7) is 3.90. The number of amides is 2. The lowest BCUT2D eigenvalue weighted by atomic mass is 10.0. The number of aliphatic hydroxyl groups excluding tert-OH is 3. The molecule has 7 atom stereocenters. The standard InChI is InChI=1S/C34H63N5O6/c1-2-3-4-5-6-7-8-9-10-11-12-13-14-15-16-25(38-32(43)29-26(40)17-21-35-29)20-24-39(33(44)30-27(41)18-22-36-30)34(45)31-28(42)19-23-37-31/h25-27,29-31,34-37,40-41,45H,2-24H2,1H3,(H,38,43)/t25?,26?,27?,29-,30-,31-,34?/m0/s1. The van der Waals surface area contributed by atoms with Gasteiger partial charge in [-0.15, -0.1) is 0 Å².